The molecule has 25 heavy (non-hydrogen) atoms. The molecule has 0 saturated carbocycles. The van der Waals surface area contributed by atoms with Crippen LogP contribution in [-0.2, 0) is 17.1 Å². The molecule has 0 unspecified atom stereocenters. The Bertz CT molecular complexity index is 935. The Labute approximate surface area is 149 Å². The van der Waals surface area contributed by atoms with E-state index in [0.29, 0.717) is 10.6 Å². The van der Waals surface area contributed by atoms with Gasteiger partial charge in [-0.15, -0.1) is 0 Å². The van der Waals surface area contributed by atoms with Crippen molar-refractivity contribution in [1.82, 2.24) is 14.7 Å². The largest absolute Gasteiger partial charge is 0.306 e. The van der Waals surface area contributed by atoms with Gasteiger partial charge in [-0.05, 0) is 45.5 Å². The molecule has 2 aliphatic rings. The van der Waals surface area contributed by atoms with E-state index in [0.717, 1.165) is 30.8 Å². The third-order valence-electron chi connectivity index (χ3n) is 5.41. The van der Waals surface area contributed by atoms with Gasteiger partial charge >= 0.3 is 0 Å². The number of likely N-dealkylation sites (N-methyl/N-ethyl adjacent to an activating group) is 1. The molecule has 0 N–H and O–H groups in total. The number of aryl methyl sites for hydroxylation is 3. The number of piperidine rings is 1. The van der Waals surface area contributed by atoms with Crippen LogP contribution in [0.25, 0.3) is 0 Å². The van der Waals surface area contributed by atoms with Crippen molar-refractivity contribution < 1.29 is 8.42 Å². The van der Waals surface area contributed by atoms with Crippen molar-refractivity contribution in [1.29, 1.82) is 0 Å². The summed E-state index contributed by atoms with van der Waals surface area (Å²) in [6, 6.07) is 6.10. The molecule has 7 heteroatoms. The highest BCUT2D eigenvalue weighted by Crippen LogP contribution is 2.47. The summed E-state index contributed by atoms with van der Waals surface area (Å²) in [5.41, 5.74) is 3.70. The van der Waals surface area contributed by atoms with Crippen molar-refractivity contribution >= 4 is 15.7 Å². The molecule has 1 aromatic heterocycles. The average molecular weight is 360 g/mol. The molecule has 2 atom stereocenters. The van der Waals surface area contributed by atoms with Crippen LogP contribution in [-0.4, -0.2) is 49.3 Å². The predicted octanol–water partition coefficient (Wildman–Crippen LogP) is 2.03. The first-order chi connectivity index (χ1) is 11.8. The monoisotopic (exact) mass is 360 g/mol. The van der Waals surface area contributed by atoms with Gasteiger partial charge in [-0.3, -0.25) is 8.99 Å². The number of hydrogen-bond donors (Lipinski definition) is 0. The molecule has 2 aliphatic heterocycles. The van der Waals surface area contributed by atoms with Crippen molar-refractivity contribution in [3.63, 3.8) is 0 Å². The molecule has 3 heterocycles. The Morgan fingerprint density at radius 2 is 1.96 bits per heavy atom. The van der Waals surface area contributed by atoms with Gasteiger partial charge in [0.25, 0.3) is 10.0 Å². The van der Waals surface area contributed by atoms with E-state index in [1.54, 1.807) is 29.2 Å². The van der Waals surface area contributed by atoms with Crippen LogP contribution in [0.5, 0.6) is 0 Å². The lowest BCUT2D eigenvalue weighted by Gasteiger charge is -2.36. The number of sulfonamides is 1. The second-order valence-corrected chi connectivity index (χ2v) is 9.12. The Hall–Kier alpha value is -1.86. The molecule has 0 amide bonds. The van der Waals surface area contributed by atoms with Crippen LogP contribution >= 0.6 is 0 Å². The molecule has 2 aromatic rings. The minimum absolute atomic E-state index is 0.0161. The van der Waals surface area contributed by atoms with Gasteiger partial charge in [-0.2, -0.15) is 5.10 Å². The number of benzene rings is 1. The molecule has 1 saturated heterocycles. The molecule has 1 fully saturated rings. The van der Waals surface area contributed by atoms with E-state index in [-0.39, 0.29) is 12.0 Å². The smallest absolute Gasteiger partial charge is 0.268 e. The first-order valence-corrected chi connectivity index (χ1v) is 10.1. The lowest BCUT2D eigenvalue weighted by molar-refractivity contribution is 0.237. The summed E-state index contributed by atoms with van der Waals surface area (Å²) in [7, 11) is 0.230. The van der Waals surface area contributed by atoms with E-state index in [2.05, 4.69) is 30.0 Å². The van der Waals surface area contributed by atoms with Gasteiger partial charge in [0.15, 0.2) is 0 Å². The van der Waals surface area contributed by atoms with Crippen molar-refractivity contribution in [3.05, 3.63) is 41.2 Å². The zero-order valence-electron chi connectivity index (χ0n) is 15.1. The maximum absolute atomic E-state index is 13.5. The maximum Gasteiger partial charge on any atom is 0.268 e. The van der Waals surface area contributed by atoms with Crippen LogP contribution < -0.4 is 4.31 Å². The number of likely N-dealkylation sites (tertiary alicyclic amines) is 1. The molecule has 0 aliphatic carbocycles. The molecule has 134 valence electrons. The zero-order valence-corrected chi connectivity index (χ0v) is 15.9. The summed E-state index contributed by atoms with van der Waals surface area (Å²) >= 11 is 0. The van der Waals surface area contributed by atoms with Crippen molar-refractivity contribution in [2.75, 3.05) is 24.4 Å². The van der Waals surface area contributed by atoms with Crippen LogP contribution in [0.15, 0.2) is 29.3 Å². The molecule has 0 radical (unpaired) electrons. The second kappa shape index (κ2) is 5.57. The molecule has 6 nitrogen and oxygen atoms in total. The van der Waals surface area contributed by atoms with E-state index >= 15 is 0 Å². The van der Waals surface area contributed by atoms with Crippen molar-refractivity contribution in [3.8, 4) is 0 Å². The van der Waals surface area contributed by atoms with Crippen molar-refractivity contribution in [2.45, 2.75) is 37.1 Å². The number of aromatic nitrogens is 2. The zero-order chi connectivity index (χ0) is 17.9. The lowest BCUT2D eigenvalue weighted by atomic mass is 9.89. The number of anilines is 1. The third-order valence-corrected chi connectivity index (χ3v) is 7.35. The molecule has 1 aromatic carbocycles. The fraction of sp³-hybridized carbons (Fsp3) is 0.500. The summed E-state index contributed by atoms with van der Waals surface area (Å²) in [6.45, 7) is 5.61. The molecular formula is C18H24N4O2S. The van der Waals surface area contributed by atoms with Gasteiger partial charge in [0.2, 0.25) is 0 Å². The van der Waals surface area contributed by atoms with E-state index in [1.807, 2.05) is 12.1 Å². The average Bonchev–Trinajstić information content (AvgIpc) is 3.04. The van der Waals surface area contributed by atoms with E-state index in [4.69, 9.17) is 0 Å². The summed E-state index contributed by atoms with van der Waals surface area (Å²) < 4.78 is 30.3. The standard InChI is InChI=1S/C18H24N4O2S/c1-12-5-6-16-14(9-12)15-10-20(3)8-7-17(15)22(16)25(23,24)18-11-21(4)19-13(18)2/h5-6,9,11,15,17H,7-8,10H2,1-4H3/t15-,17-/m1/s1. The summed E-state index contributed by atoms with van der Waals surface area (Å²) in [5, 5.41) is 4.24. The molecule has 4 rings (SSSR count). The summed E-state index contributed by atoms with van der Waals surface area (Å²) in [5.74, 6) is 0.223. The lowest BCUT2D eigenvalue weighted by Crippen LogP contribution is -2.47. The van der Waals surface area contributed by atoms with E-state index < -0.39 is 10.0 Å². The van der Waals surface area contributed by atoms with Gasteiger partial charge in [-0.1, -0.05) is 17.7 Å². The fourth-order valence-corrected chi connectivity index (χ4v) is 6.23. The van der Waals surface area contributed by atoms with Crippen LogP contribution in [0.3, 0.4) is 0 Å². The highest BCUT2D eigenvalue weighted by atomic mass is 32.2. The van der Waals surface area contributed by atoms with Gasteiger partial charge in [0.05, 0.1) is 17.4 Å². The van der Waals surface area contributed by atoms with Crippen LogP contribution in [0.2, 0.25) is 0 Å². The van der Waals surface area contributed by atoms with Gasteiger partial charge in [0, 0.05) is 25.7 Å². The highest BCUT2D eigenvalue weighted by molar-refractivity contribution is 7.93. The SMILES string of the molecule is Cc1ccc2c(c1)[C@H]1CN(C)CC[C@H]1N2S(=O)(=O)c1cn(C)nc1C. The third kappa shape index (κ3) is 2.48. The van der Waals surface area contributed by atoms with E-state index in [9.17, 15) is 8.42 Å². The molecule has 0 bridgehead atoms. The van der Waals surface area contributed by atoms with E-state index in [1.165, 1.54) is 5.56 Å². The fourth-order valence-electron chi connectivity index (χ4n) is 4.28. The molecule has 0 spiro atoms. The number of fused-ring (bicyclic) bond motifs is 3. The normalized spacial score (nSPS) is 23.6. The first kappa shape index (κ1) is 16.6. The van der Waals surface area contributed by atoms with Crippen LogP contribution in [0.1, 0.15) is 29.2 Å². The minimum Gasteiger partial charge on any atom is -0.306 e. The van der Waals surface area contributed by atoms with Gasteiger partial charge in [-0.25, -0.2) is 8.42 Å². The number of rotatable bonds is 2. The molecular weight excluding hydrogens is 336 g/mol. The first-order valence-electron chi connectivity index (χ1n) is 8.63. The Kier molecular flexibility index (Phi) is 3.70. The van der Waals surface area contributed by atoms with Gasteiger partial charge in [0.1, 0.15) is 4.90 Å². The Balaban J connectivity index is 1.88. The van der Waals surface area contributed by atoms with Crippen molar-refractivity contribution in [2.24, 2.45) is 7.05 Å². The number of hydrogen-bond acceptors (Lipinski definition) is 4. The highest BCUT2D eigenvalue weighted by Gasteiger charge is 2.47. The van der Waals surface area contributed by atoms with Gasteiger partial charge < -0.3 is 4.90 Å². The summed E-state index contributed by atoms with van der Waals surface area (Å²) in [4.78, 5) is 2.60. The topological polar surface area (TPSA) is 58.4 Å². The summed E-state index contributed by atoms with van der Waals surface area (Å²) in [6.07, 6.45) is 2.45. The predicted molar refractivity (Wildman–Crippen MR) is 97.4 cm³/mol. The minimum atomic E-state index is -3.63. The quantitative estimate of drug-likeness (QED) is 0.822. The number of nitrogens with zero attached hydrogens (tertiary/aromatic N) is 4. The van der Waals surface area contributed by atoms with Crippen LogP contribution in [0.4, 0.5) is 5.69 Å². The Morgan fingerprint density at radius 1 is 1.20 bits per heavy atom. The Morgan fingerprint density at radius 3 is 2.64 bits per heavy atom. The maximum atomic E-state index is 13.5. The van der Waals surface area contributed by atoms with Crippen LogP contribution in [0, 0.1) is 13.8 Å². The second-order valence-electron chi connectivity index (χ2n) is 7.34.